The van der Waals surface area contributed by atoms with Crippen LogP contribution in [0.1, 0.15) is 27.5 Å². The minimum atomic E-state index is 0.0650. The zero-order valence-electron chi connectivity index (χ0n) is 14.5. The van der Waals surface area contributed by atoms with Crippen LogP contribution in [0.15, 0.2) is 48.5 Å². The fraction of sp³-hybridized carbons (Fsp3) is 0.350. The van der Waals surface area contributed by atoms with Gasteiger partial charge in [0.05, 0.1) is 13.2 Å². The van der Waals surface area contributed by atoms with Crippen molar-refractivity contribution >= 4 is 5.91 Å². The van der Waals surface area contributed by atoms with Gasteiger partial charge >= 0.3 is 0 Å². The maximum atomic E-state index is 13.1. The molecule has 0 N–H and O–H groups in total. The van der Waals surface area contributed by atoms with Crippen LogP contribution in [0.3, 0.4) is 0 Å². The number of amides is 1. The third-order valence-corrected chi connectivity index (χ3v) is 4.68. The smallest absolute Gasteiger partial charge is 0.254 e. The van der Waals surface area contributed by atoms with Gasteiger partial charge in [-0.25, -0.2) is 0 Å². The maximum absolute atomic E-state index is 13.1. The summed E-state index contributed by atoms with van der Waals surface area (Å²) < 4.78 is 5.37. The summed E-state index contributed by atoms with van der Waals surface area (Å²) in [5.41, 5.74) is 2.89. The van der Waals surface area contributed by atoms with E-state index in [4.69, 9.17) is 4.74 Å². The van der Waals surface area contributed by atoms with E-state index in [0.29, 0.717) is 5.56 Å². The van der Waals surface area contributed by atoms with E-state index in [9.17, 15) is 4.79 Å². The standard InChI is InChI=1S/C20H24N2O2/c1-15-9-10-17(13-19(15)24-3)20(23)22-12-11-21(2)14-18(22)16-7-5-4-6-8-16/h4-10,13,18H,11-12,14H2,1-3H3/t18-/m1/s1. The van der Waals surface area contributed by atoms with Crippen molar-refractivity contribution in [1.82, 2.24) is 9.80 Å². The lowest BCUT2D eigenvalue weighted by atomic mass is 10.0. The molecule has 1 amide bonds. The Hall–Kier alpha value is -2.33. The fourth-order valence-corrected chi connectivity index (χ4v) is 3.24. The molecule has 2 aromatic carbocycles. The second kappa shape index (κ2) is 7.05. The predicted molar refractivity (Wildman–Crippen MR) is 95.4 cm³/mol. The molecule has 0 bridgehead atoms. The number of hydrogen-bond donors (Lipinski definition) is 0. The Morgan fingerprint density at radius 1 is 1.12 bits per heavy atom. The van der Waals surface area contributed by atoms with Crippen LogP contribution in [0.25, 0.3) is 0 Å². The minimum Gasteiger partial charge on any atom is -0.496 e. The van der Waals surface area contributed by atoms with Crippen molar-refractivity contribution in [2.45, 2.75) is 13.0 Å². The van der Waals surface area contributed by atoms with E-state index < -0.39 is 0 Å². The molecule has 2 aromatic rings. The van der Waals surface area contributed by atoms with Crippen LogP contribution < -0.4 is 4.74 Å². The number of benzene rings is 2. The fourth-order valence-electron chi connectivity index (χ4n) is 3.24. The molecule has 0 unspecified atom stereocenters. The molecule has 1 atom stereocenters. The molecule has 0 aliphatic carbocycles. The Morgan fingerprint density at radius 3 is 2.58 bits per heavy atom. The molecule has 0 radical (unpaired) electrons. The Kier molecular flexibility index (Phi) is 4.86. The molecular formula is C20H24N2O2. The largest absolute Gasteiger partial charge is 0.496 e. The number of rotatable bonds is 3. The highest BCUT2D eigenvalue weighted by Crippen LogP contribution is 2.28. The summed E-state index contributed by atoms with van der Waals surface area (Å²) in [6.45, 7) is 4.44. The van der Waals surface area contributed by atoms with Crippen LogP contribution in [-0.4, -0.2) is 49.5 Å². The van der Waals surface area contributed by atoms with E-state index in [2.05, 4.69) is 24.1 Å². The highest BCUT2D eigenvalue weighted by molar-refractivity contribution is 5.95. The highest BCUT2D eigenvalue weighted by Gasteiger charge is 2.30. The van der Waals surface area contributed by atoms with E-state index in [-0.39, 0.29) is 11.9 Å². The molecule has 1 saturated heterocycles. The number of likely N-dealkylation sites (N-methyl/N-ethyl adjacent to an activating group) is 1. The summed E-state index contributed by atoms with van der Waals surface area (Å²) in [6.07, 6.45) is 0. The third-order valence-electron chi connectivity index (χ3n) is 4.68. The van der Waals surface area contributed by atoms with Gasteiger partial charge in [0.1, 0.15) is 5.75 Å². The molecule has 0 aromatic heterocycles. The number of methoxy groups -OCH3 is 1. The molecule has 1 aliphatic rings. The first-order valence-corrected chi connectivity index (χ1v) is 8.29. The van der Waals surface area contributed by atoms with Crippen molar-refractivity contribution in [1.29, 1.82) is 0 Å². The molecule has 0 spiro atoms. The summed E-state index contributed by atoms with van der Waals surface area (Å²) in [7, 11) is 3.74. The van der Waals surface area contributed by atoms with E-state index >= 15 is 0 Å². The Bertz CT molecular complexity index is 715. The van der Waals surface area contributed by atoms with Gasteiger partial charge in [-0.15, -0.1) is 0 Å². The van der Waals surface area contributed by atoms with Gasteiger partial charge in [0.25, 0.3) is 5.91 Å². The van der Waals surface area contributed by atoms with Gasteiger partial charge in [-0.05, 0) is 37.2 Å². The predicted octanol–water partition coefficient (Wildman–Crippen LogP) is 3.13. The van der Waals surface area contributed by atoms with Crippen molar-refractivity contribution in [2.75, 3.05) is 33.8 Å². The first-order chi connectivity index (χ1) is 11.6. The van der Waals surface area contributed by atoms with Crippen LogP contribution in [0.2, 0.25) is 0 Å². The first-order valence-electron chi connectivity index (χ1n) is 8.29. The number of carbonyl (C=O) groups is 1. The molecule has 0 saturated carbocycles. The lowest BCUT2D eigenvalue weighted by Gasteiger charge is -2.40. The third kappa shape index (κ3) is 3.29. The summed E-state index contributed by atoms with van der Waals surface area (Å²) >= 11 is 0. The second-order valence-corrected chi connectivity index (χ2v) is 6.37. The molecule has 1 fully saturated rings. The van der Waals surface area contributed by atoms with Crippen molar-refractivity contribution < 1.29 is 9.53 Å². The average molecular weight is 324 g/mol. The highest BCUT2D eigenvalue weighted by atomic mass is 16.5. The Morgan fingerprint density at radius 2 is 1.88 bits per heavy atom. The van der Waals surface area contributed by atoms with Crippen molar-refractivity contribution in [3.05, 3.63) is 65.2 Å². The summed E-state index contributed by atoms with van der Waals surface area (Å²) in [5, 5.41) is 0. The normalized spacial score (nSPS) is 18.5. The molecule has 24 heavy (non-hydrogen) atoms. The van der Waals surface area contributed by atoms with E-state index in [1.165, 1.54) is 5.56 Å². The molecule has 1 heterocycles. The number of nitrogens with zero attached hydrogens (tertiary/aromatic N) is 2. The van der Waals surface area contributed by atoms with Gasteiger partial charge < -0.3 is 14.5 Å². The van der Waals surface area contributed by atoms with Crippen LogP contribution in [0.5, 0.6) is 5.75 Å². The molecular weight excluding hydrogens is 300 g/mol. The molecule has 4 heteroatoms. The second-order valence-electron chi connectivity index (χ2n) is 6.37. The SMILES string of the molecule is COc1cc(C(=O)N2CCN(C)C[C@@H]2c2ccccc2)ccc1C. The number of piperazine rings is 1. The zero-order chi connectivity index (χ0) is 17.1. The van der Waals surface area contributed by atoms with Crippen LogP contribution >= 0.6 is 0 Å². The molecule has 4 nitrogen and oxygen atoms in total. The van der Waals surface area contributed by atoms with Gasteiger partial charge in [-0.3, -0.25) is 4.79 Å². The van der Waals surface area contributed by atoms with Crippen LogP contribution in [0.4, 0.5) is 0 Å². The first kappa shape index (κ1) is 16.5. The Labute approximate surface area is 143 Å². The van der Waals surface area contributed by atoms with Gasteiger partial charge in [0.2, 0.25) is 0 Å². The average Bonchev–Trinajstić information content (AvgIpc) is 2.62. The number of hydrogen-bond acceptors (Lipinski definition) is 3. The van der Waals surface area contributed by atoms with Gasteiger partial charge in [-0.2, -0.15) is 0 Å². The van der Waals surface area contributed by atoms with Crippen molar-refractivity contribution in [3.63, 3.8) is 0 Å². The van der Waals surface area contributed by atoms with Gasteiger partial charge in [0.15, 0.2) is 0 Å². The topological polar surface area (TPSA) is 32.8 Å². The Balaban J connectivity index is 1.91. The lowest BCUT2D eigenvalue weighted by molar-refractivity contribution is 0.0497. The maximum Gasteiger partial charge on any atom is 0.254 e. The minimum absolute atomic E-state index is 0.0650. The van der Waals surface area contributed by atoms with Gasteiger partial charge in [0, 0.05) is 25.2 Å². The van der Waals surface area contributed by atoms with E-state index in [0.717, 1.165) is 30.9 Å². The lowest BCUT2D eigenvalue weighted by Crippen LogP contribution is -2.49. The molecule has 126 valence electrons. The number of aryl methyl sites for hydroxylation is 1. The molecule has 1 aliphatic heterocycles. The number of carbonyl (C=O) groups excluding carboxylic acids is 1. The monoisotopic (exact) mass is 324 g/mol. The van der Waals surface area contributed by atoms with E-state index in [1.807, 2.05) is 48.2 Å². The zero-order valence-corrected chi connectivity index (χ0v) is 14.5. The van der Waals surface area contributed by atoms with Crippen molar-refractivity contribution in [3.8, 4) is 5.75 Å². The van der Waals surface area contributed by atoms with Crippen molar-refractivity contribution in [2.24, 2.45) is 0 Å². The van der Waals surface area contributed by atoms with Gasteiger partial charge in [-0.1, -0.05) is 36.4 Å². The summed E-state index contributed by atoms with van der Waals surface area (Å²) in [5.74, 6) is 0.821. The number of ether oxygens (including phenoxy) is 1. The van der Waals surface area contributed by atoms with Crippen LogP contribution in [-0.2, 0) is 0 Å². The van der Waals surface area contributed by atoms with Crippen LogP contribution in [0, 0.1) is 6.92 Å². The summed E-state index contributed by atoms with van der Waals surface area (Å²) in [4.78, 5) is 17.4. The quantitative estimate of drug-likeness (QED) is 0.869. The summed E-state index contributed by atoms with van der Waals surface area (Å²) in [6, 6.07) is 16.0. The van der Waals surface area contributed by atoms with E-state index in [1.54, 1.807) is 7.11 Å². The molecule has 3 rings (SSSR count).